The lowest BCUT2D eigenvalue weighted by molar-refractivity contribution is -0.288. The van der Waals surface area contributed by atoms with Gasteiger partial charge in [-0.15, -0.1) is 0 Å². The molecule has 2 N–H and O–H groups in total. The number of nitrogens with one attached hydrogen (secondary N) is 1. The molecular formula is C17H15ClN3O3+. The Bertz CT molecular complexity index is 998. The highest BCUT2D eigenvalue weighted by Crippen LogP contribution is 2.15. The van der Waals surface area contributed by atoms with Gasteiger partial charge in [-0.05, 0) is 24.1 Å². The van der Waals surface area contributed by atoms with Crippen LogP contribution in [0.4, 0.5) is 5.82 Å². The van der Waals surface area contributed by atoms with Gasteiger partial charge in [0.2, 0.25) is 5.02 Å². The number of hydrogen-bond donors (Lipinski definition) is 2. The summed E-state index contributed by atoms with van der Waals surface area (Å²) in [5.74, 6) is -1.26. The number of carboxylic acids is 1. The summed E-state index contributed by atoms with van der Waals surface area (Å²) in [5.41, 5.74) is 1.09. The first kappa shape index (κ1) is 16.0. The van der Waals surface area contributed by atoms with E-state index in [-0.39, 0.29) is 11.4 Å². The van der Waals surface area contributed by atoms with Gasteiger partial charge in [0.05, 0.1) is 0 Å². The normalized spacial score (nSPS) is 10.8. The third kappa shape index (κ3) is 2.96. The Morgan fingerprint density at radius 2 is 2.12 bits per heavy atom. The highest BCUT2D eigenvalue weighted by molar-refractivity contribution is 5.93. The largest absolute Gasteiger partial charge is 0.477 e. The minimum Gasteiger partial charge on any atom is -0.477 e. The molecular weight excluding hydrogens is 330 g/mol. The van der Waals surface area contributed by atoms with E-state index in [2.05, 4.69) is 10.3 Å². The van der Waals surface area contributed by atoms with Gasteiger partial charge in [-0.25, -0.2) is 9.78 Å². The number of nitrogens with zero attached hydrogens (tertiary/aromatic N) is 2. The number of benzene rings is 1. The van der Waals surface area contributed by atoms with E-state index in [4.69, 9.17) is 11.6 Å². The molecule has 0 spiro atoms. The molecule has 122 valence electrons. The number of fused-ring (bicyclic) bond motifs is 1. The summed E-state index contributed by atoms with van der Waals surface area (Å²) in [6.07, 6.45) is 1.51. The van der Waals surface area contributed by atoms with E-state index in [1.165, 1.54) is 10.6 Å². The molecule has 1 aromatic carbocycles. The summed E-state index contributed by atoms with van der Waals surface area (Å²) in [5, 5.41) is 13.0. The Hall–Kier alpha value is -2.86. The standard InChI is InChI=1S/C17H14ClN3O3/c1-10-4-3-7-21-15(10)20-14(13(16(21)22)17(23)24)19-9-11-5-2-6-12(18)8-11/h2-8,18H,9H2,1H3,(H-,19,22,23,24)/p+1. The van der Waals surface area contributed by atoms with Crippen molar-refractivity contribution in [1.82, 2.24) is 9.38 Å². The van der Waals surface area contributed by atoms with Crippen LogP contribution in [0, 0.1) is 18.5 Å². The SMILES string of the molecule is Cc1cccn2c(=O)c(C(=O)O)c(NCc3cccc([ClH+])c3)nc12. The summed E-state index contributed by atoms with van der Waals surface area (Å²) >= 11 is 5.11. The maximum absolute atomic E-state index is 12.5. The van der Waals surface area contributed by atoms with Crippen LogP contribution in [-0.4, -0.2) is 20.5 Å². The van der Waals surface area contributed by atoms with Gasteiger partial charge >= 0.3 is 5.97 Å². The highest BCUT2D eigenvalue weighted by Gasteiger charge is 2.19. The van der Waals surface area contributed by atoms with E-state index >= 15 is 0 Å². The Balaban J connectivity index is 2.09. The molecule has 0 fully saturated rings. The van der Waals surface area contributed by atoms with E-state index in [1.807, 2.05) is 31.2 Å². The molecule has 3 rings (SSSR count). The van der Waals surface area contributed by atoms with Crippen molar-refractivity contribution in [1.29, 1.82) is 0 Å². The van der Waals surface area contributed by atoms with Crippen LogP contribution < -0.4 is 10.9 Å². The van der Waals surface area contributed by atoms with E-state index in [9.17, 15) is 14.7 Å². The van der Waals surface area contributed by atoms with Crippen LogP contribution >= 0.6 is 0 Å². The third-order valence-corrected chi connectivity index (χ3v) is 3.88. The number of carboxylic acid groups (broad SMARTS) is 1. The minimum absolute atomic E-state index is 0.0524. The molecule has 2 heterocycles. The molecule has 2 aromatic heterocycles. The number of rotatable bonds is 4. The maximum atomic E-state index is 12.5. The molecule has 0 aliphatic heterocycles. The van der Waals surface area contributed by atoms with Crippen molar-refractivity contribution in [2.24, 2.45) is 0 Å². The zero-order valence-electron chi connectivity index (χ0n) is 12.8. The Morgan fingerprint density at radius 1 is 1.33 bits per heavy atom. The van der Waals surface area contributed by atoms with Crippen molar-refractivity contribution in [2.45, 2.75) is 13.5 Å². The number of carbonyl (C=O) groups is 1. The van der Waals surface area contributed by atoms with Gasteiger partial charge < -0.3 is 10.4 Å². The average Bonchev–Trinajstić information content (AvgIpc) is 2.53. The molecule has 0 bridgehead atoms. The van der Waals surface area contributed by atoms with Crippen LogP contribution in [0.3, 0.4) is 0 Å². The van der Waals surface area contributed by atoms with Crippen molar-refractivity contribution in [3.63, 3.8) is 0 Å². The molecule has 3 aromatic rings. The minimum atomic E-state index is -1.32. The maximum Gasteiger partial charge on any atom is 0.345 e. The quantitative estimate of drug-likeness (QED) is 0.756. The summed E-state index contributed by atoms with van der Waals surface area (Å²) in [6, 6.07) is 10.8. The molecule has 6 nitrogen and oxygen atoms in total. The van der Waals surface area contributed by atoms with Crippen LogP contribution in [0.5, 0.6) is 0 Å². The van der Waals surface area contributed by atoms with Gasteiger partial charge in [-0.1, -0.05) is 18.2 Å². The van der Waals surface area contributed by atoms with Gasteiger partial charge in [0.25, 0.3) is 5.56 Å². The molecule has 24 heavy (non-hydrogen) atoms. The summed E-state index contributed by atoms with van der Waals surface area (Å²) in [7, 11) is 0. The van der Waals surface area contributed by atoms with Crippen molar-refractivity contribution < 1.29 is 21.5 Å². The van der Waals surface area contributed by atoms with E-state index in [0.717, 1.165) is 11.1 Å². The second kappa shape index (κ2) is 6.33. The van der Waals surface area contributed by atoms with E-state index < -0.39 is 11.5 Å². The van der Waals surface area contributed by atoms with Gasteiger partial charge in [-0.3, -0.25) is 9.20 Å². The lowest BCUT2D eigenvalue weighted by Crippen LogP contribution is -2.26. The first-order chi connectivity index (χ1) is 11.5. The van der Waals surface area contributed by atoms with Crippen molar-refractivity contribution in [3.8, 4) is 0 Å². The molecule has 0 saturated heterocycles. The predicted octanol–water partition coefficient (Wildman–Crippen LogP) is 2.01. The molecule has 0 atom stereocenters. The molecule has 7 heteroatoms. The zero-order chi connectivity index (χ0) is 17.3. The number of pyridine rings is 1. The molecule has 0 unspecified atom stereocenters. The topological polar surface area (TPSA) is 83.7 Å². The van der Waals surface area contributed by atoms with Crippen LogP contribution in [0.25, 0.3) is 5.65 Å². The van der Waals surface area contributed by atoms with Gasteiger partial charge in [0.1, 0.15) is 11.5 Å². The third-order valence-electron chi connectivity index (χ3n) is 3.62. The van der Waals surface area contributed by atoms with Crippen LogP contribution in [-0.2, 0) is 6.54 Å². The number of halogens is 1. The summed E-state index contributed by atoms with van der Waals surface area (Å²) in [4.78, 5) is 28.4. The fraction of sp³-hybridized carbons (Fsp3) is 0.118. The smallest absolute Gasteiger partial charge is 0.345 e. The van der Waals surface area contributed by atoms with Crippen molar-refractivity contribution >= 4 is 17.4 Å². The number of aryl methyl sites for hydroxylation is 1. The number of hydrogen-bond acceptors (Lipinski definition) is 4. The van der Waals surface area contributed by atoms with E-state index in [0.29, 0.717) is 17.2 Å². The Morgan fingerprint density at radius 3 is 2.83 bits per heavy atom. The highest BCUT2D eigenvalue weighted by atomic mass is 35.5. The lowest BCUT2D eigenvalue weighted by Gasteiger charge is -2.11. The first-order valence-corrected chi connectivity index (χ1v) is 7.63. The van der Waals surface area contributed by atoms with Crippen molar-refractivity contribution in [3.05, 3.63) is 74.7 Å². The van der Waals surface area contributed by atoms with Gasteiger partial charge in [0, 0.05) is 24.9 Å². The lowest BCUT2D eigenvalue weighted by atomic mass is 10.2. The molecule has 0 radical (unpaired) electrons. The molecule has 0 aliphatic carbocycles. The first-order valence-electron chi connectivity index (χ1n) is 7.22. The fourth-order valence-corrected chi connectivity index (χ4v) is 2.69. The number of aromatic carboxylic acids is 1. The number of aromatic nitrogens is 2. The molecule has 0 saturated carbocycles. The Kier molecular flexibility index (Phi) is 4.22. The molecule has 0 aliphatic rings. The van der Waals surface area contributed by atoms with Crippen LogP contribution in [0.1, 0.15) is 21.5 Å². The predicted molar refractivity (Wildman–Crippen MR) is 87.5 cm³/mol. The second-order valence-corrected chi connectivity index (χ2v) is 5.80. The zero-order valence-corrected chi connectivity index (χ0v) is 13.6. The van der Waals surface area contributed by atoms with Crippen LogP contribution in [0.15, 0.2) is 47.4 Å². The summed E-state index contributed by atoms with van der Waals surface area (Å²) in [6.45, 7) is 2.13. The molecule has 0 amide bonds. The van der Waals surface area contributed by atoms with E-state index in [1.54, 1.807) is 12.1 Å². The second-order valence-electron chi connectivity index (χ2n) is 5.33. The summed E-state index contributed by atoms with van der Waals surface area (Å²) < 4.78 is 1.24. The number of anilines is 1. The Labute approximate surface area is 142 Å². The fourth-order valence-electron chi connectivity index (χ4n) is 2.46. The van der Waals surface area contributed by atoms with Gasteiger partial charge in [0.15, 0.2) is 17.2 Å². The average molecular weight is 345 g/mol. The monoisotopic (exact) mass is 344 g/mol. The van der Waals surface area contributed by atoms with Crippen LogP contribution in [0.2, 0.25) is 5.02 Å². The van der Waals surface area contributed by atoms with Gasteiger partial charge in [-0.2, -0.15) is 0 Å². The van der Waals surface area contributed by atoms with Crippen molar-refractivity contribution in [2.75, 3.05) is 5.32 Å².